The molecule has 1 atom stereocenters. The molecule has 180 valence electrons. The number of aryl methyl sites for hydroxylation is 1. The molecule has 9 heteroatoms. The Kier molecular flexibility index (Phi) is 8.29. The second-order valence-electron chi connectivity index (χ2n) is 7.70. The molecule has 0 unspecified atom stereocenters. The van der Waals surface area contributed by atoms with Crippen LogP contribution in [-0.4, -0.2) is 29.7 Å². The molecule has 3 aromatic carbocycles. The van der Waals surface area contributed by atoms with E-state index in [2.05, 4.69) is 5.32 Å². The second kappa shape index (κ2) is 11.6. The fourth-order valence-electron chi connectivity index (χ4n) is 3.28. The molecular formula is C26H24N2O7. The molecule has 3 aromatic rings. The van der Waals surface area contributed by atoms with Crippen molar-refractivity contribution in [3.8, 4) is 5.75 Å². The Morgan fingerprint density at radius 3 is 2.29 bits per heavy atom. The number of nitro benzene ring substituents is 1. The standard InChI is InChI=1S/C26H24N2O7/c1-17-8-10-18(11-9-17)25(31)26(19-6-4-3-5-7-19)35-24(30)15-14-23(29)27-21-13-12-20(34-2)16-22(21)28(32)33/h3-13,16,26H,14-15H2,1-2H3,(H,27,29)/t26-/m1/s1. The van der Waals surface area contributed by atoms with Gasteiger partial charge < -0.3 is 14.8 Å². The first-order chi connectivity index (χ1) is 16.8. The van der Waals surface area contributed by atoms with Crippen molar-refractivity contribution in [1.82, 2.24) is 0 Å². The summed E-state index contributed by atoms with van der Waals surface area (Å²) in [7, 11) is 1.37. The van der Waals surface area contributed by atoms with Gasteiger partial charge in [-0.3, -0.25) is 24.5 Å². The molecule has 0 aliphatic rings. The predicted octanol–water partition coefficient (Wildman–Crippen LogP) is 4.80. The van der Waals surface area contributed by atoms with Crippen molar-refractivity contribution in [1.29, 1.82) is 0 Å². The van der Waals surface area contributed by atoms with E-state index in [9.17, 15) is 24.5 Å². The highest BCUT2D eigenvalue weighted by molar-refractivity contribution is 6.01. The summed E-state index contributed by atoms with van der Waals surface area (Å²) in [6.07, 6.45) is -1.78. The Morgan fingerprint density at radius 1 is 0.971 bits per heavy atom. The minimum atomic E-state index is -1.17. The van der Waals surface area contributed by atoms with Crippen LogP contribution in [-0.2, 0) is 14.3 Å². The number of nitrogens with zero attached hydrogens (tertiary/aromatic N) is 1. The quantitative estimate of drug-likeness (QED) is 0.193. The van der Waals surface area contributed by atoms with Gasteiger partial charge in [0.25, 0.3) is 5.69 Å². The van der Waals surface area contributed by atoms with E-state index in [-0.39, 0.29) is 35.7 Å². The molecule has 0 spiro atoms. The number of hydrogen-bond acceptors (Lipinski definition) is 7. The lowest BCUT2D eigenvalue weighted by Gasteiger charge is -2.17. The first-order valence-corrected chi connectivity index (χ1v) is 10.8. The molecule has 0 saturated carbocycles. The van der Waals surface area contributed by atoms with Gasteiger partial charge in [0.1, 0.15) is 11.4 Å². The van der Waals surface area contributed by atoms with E-state index < -0.39 is 22.9 Å². The first-order valence-electron chi connectivity index (χ1n) is 10.8. The lowest BCUT2D eigenvalue weighted by atomic mass is 9.99. The minimum absolute atomic E-state index is 0.0223. The summed E-state index contributed by atoms with van der Waals surface area (Å²) in [5.74, 6) is -1.48. The maximum Gasteiger partial charge on any atom is 0.307 e. The van der Waals surface area contributed by atoms with E-state index in [1.54, 1.807) is 54.6 Å². The van der Waals surface area contributed by atoms with Crippen LogP contribution in [0.25, 0.3) is 0 Å². The molecule has 0 radical (unpaired) electrons. The second-order valence-corrected chi connectivity index (χ2v) is 7.70. The van der Waals surface area contributed by atoms with E-state index in [0.717, 1.165) is 5.56 Å². The molecule has 0 aliphatic carbocycles. The van der Waals surface area contributed by atoms with E-state index >= 15 is 0 Å². The number of ether oxygens (including phenoxy) is 2. The fourth-order valence-corrected chi connectivity index (χ4v) is 3.28. The van der Waals surface area contributed by atoms with Crippen LogP contribution < -0.4 is 10.1 Å². The number of esters is 1. The summed E-state index contributed by atoms with van der Waals surface area (Å²) >= 11 is 0. The van der Waals surface area contributed by atoms with E-state index in [1.165, 1.54) is 25.3 Å². The summed E-state index contributed by atoms with van der Waals surface area (Å²) in [4.78, 5) is 48.6. The predicted molar refractivity (Wildman–Crippen MR) is 128 cm³/mol. The van der Waals surface area contributed by atoms with Gasteiger partial charge >= 0.3 is 5.97 Å². The number of methoxy groups -OCH3 is 1. The molecule has 0 bridgehead atoms. The Balaban J connectivity index is 1.67. The van der Waals surface area contributed by atoms with Crippen LogP contribution in [0.15, 0.2) is 72.8 Å². The van der Waals surface area contributed by atoms with Crippen LogP contribution in [0.5, 0.6) is 5.75 Å². The van der Waals surface area contributed by atoms with E-state index in [4.69, 9.17) is 9.47 Å². The largest absolute Gasteiger partial charge is 0.496 e. The number of hydrogen-bond donors (Lipinski definition) is 1. The van der Waals surface area contributed by atoms with Gasteiger partial charge in [0, 0.05) is 17.5 Å². The number of benzene rings is 3. The van der Waals surface area contributed by atoms with Crippen LogP contribution in [0.1, 0.15) is 40.4 Å². The number of nitrogens with one attached hydrogen (secondary N) is 1. The topological polar surface area (TPSA) is 125 Å². The third kappa shape index (κ3) is 6.73. The molecule has 1 amide bonds. The molecule has 9 nitrogen and oxygen atoms in total. The summed E-state index contributed by atoms with van der Waals surface area (Å²) in [6, 6.07) is 19.5. The Labute approximate surface area is 201 Å². The normalized spacial score (nSPS) is 11.3. The van der Waals surface area contributed by atoms with Gasteiger partial charge in [0.2, 0.25) is 11.7 Å². The summed E-state index contributed by atoms with van der Waals surface area (Å²) in [5, 5.41) is 13.7. The molecule has 0 aliphatic heterocycles. The minimum Gasteiger partial charge on any atom is -0.496 e. The summed E-state index contributed by atoms with van der Waals surface area (Å²) in [6.45, 7) is 1.90. The van der Waals surface area contributed by atoms with Crippen molar-refractivity contribution in [2.75, 3.05) is 12.4 Å². The van der Waals surface area contributed by atoms with Gasteiger partial charge in [-0.15, -0.1) is 0 Å². The molecule has 0 aromatic heterocycles. The highest BCUT2D eigenvalue weighted by atomic mass is 16.6. The molecule has 1 N–H and O–H groups in total. The van der Waals surface area contributed by atoms with Gasteiger partial charge in [-0.05, 0) is 19.1 Å². The number of ketones is 1. The number of rotatable bonds is 10. The zero-order valence-corrected chi connectivity index (χ0v) is 19.2. The number of Topliss-reactive ketones (excluding diaryl/α,β-unsaturated/α-hetero) is 1. The highest BCUT2D eigenvalue weighted by Crippen LogP contribution is 2.29. The van der Waals surface area contributed by atoms with E-state index in [0.29, 0.717) is 11.1 Å². The highest BCUT2D eigenvalue weighted by Gasteiger charge is 2.26. The molecule has 35 heavy (non-hydrogen) atoms. The SMILES string of the molecule is COc1ccc(NC(=O)CCC(=O)O[C@@H](C(=O)c2ccc(C)cc2)c2ccccc2)c([N+](=O)[O-])c1. The van der Waals surface area contributed by atoms with Gasteiger partial charge in [0.15, 0.2) is 6.10 Å². The number of nitro groups is 1. The van der Waals surface area contributed by atoms with Crippen LogP contribution in [0.4, 0.5) is 11.4 Å². The maximum absolute atomic E-state index is 13.1. The lowest BCUT2D eigenvalue weighted by Crippen LogP contribution is -2.21. The van der Waals surface area contributed by atoms with Gasteiger partial charge in [0.05, 0.1) is 24.5 Å². The molecule has 3 rings (SSSR count). The molecule has 0 saturated heterocycles. The van der Waals surface area contributed by atoms with E-state index in [1.807, 2.05) is 6.92 Å². The van der Waals surface area contributed by atoms with Crippen molar-refractivity contribution in [2.45, 2.75) is 25.9 Å². The third-order valence-electron chi connectivity index (χ3n) is 5.16. The first kappa shape index (κ1) is 25.1. The average molecular weight is 476 g/mol. The van der Waals surface area contributed by atoms with Gasteiger partial charge in [-0.1, -0.05) is 60.2 Å². The van der Waals surface area contributed by atoms with Crippen molar-refractivity contribution >= 4 is 29.0 Å². The number of amides is 1. The Hall–Kier alpha value is -4.53. The maximum atomic E-state index is 13.1. The average Bonchev–Trinajstić information content (AvgIpc) is 2.86. The van der Waals surface area contributed by atoms with Crippen molar-refractivity contribution in [3.05, 3.63) is 99.6 Å². The van der Waals surface area contributed by atoms with Crippen molar-refractivity contribution < 1.29 is 28.8 Å². The zero-order valence-electron chi connectivity index (χ0n) is 19.2. The van der Waals surface area contributed by atoms with Gasteiger partial charge in [-0.2, -0.15) is 0 Å². The molecular weight excluding hydrogens is 452 g/mol. The molecule has 0 fully saturated rings. The smallest absolute Gasteiger partial charge is 0.307 e. The van der Waals surface area contributed by atoms with Crippen molar-refractivity contribution in [2.24, 2.45) is 0 Å². The van der Waals surface area contributed by atoms with Crippen LogP contribution in [0, 0.1) is 17.0 Å². The fraction of sp³-hybridized carbons (Fsp3) is 0.192. The Bertz CT molecular complexity index is 1220. The lowest BCUT2D eigenvalue weighted by molar-refractivity contribution is -0.384. The van der Waals surface area contributed by atoms with Crippen LogP contribution in [0.2, 0.25) is 0 Å². The number of carbonyl (C=O) groups excluding carboxylic acids is 3. The number of carbonyl (C=O) groups is 3. The summed E-state index contributed by atoms with van der Waals surface area (Å²) in [5.41, 5.74) is 1.52. The third-order valence-corrected chi connectivity index (χ3v) is 5.16. The van der Waals surface area contributed by atoms with Crippen LogP contribution in [0.3, 0.4) is 0 Å². The summed E-state index contributed by atoms with van der Waals surface area (Å²) < 4.78 is 10.5. The van der Waals surface area contributed by atoms with Crippen molar-refractivity contribution in [3.63, 3.8) is 0 Å². The molecule has 0 heterocycles. The number of anilines is 1. The monoisotopic (exact) mass is 476 g/mol. The van der Waals surface area contributed by atoms with Crippen LogP contribution >= 0.6 is 0 Å². The van der Waals surface area contributed by atoms with Gasteiger partial charge in [-0.25, -0.2) is 0 Å². The zero-order chi connectivity index (χ0) is 25.4. The Morgan fingerprint density at radius 2 is 1.66 bits per heavy atom.